The molecule has 0 spiro atoms. The van der Waals surface area contributed by atoms with Crippen LogP contribution in [0.25, 0.3) is 0 Å². The van der Waals surface area contributed by atoms with Gasteiger partial charge in [0.1, 0.15) is 5.60 Å². The molecule has 0 aliphatic carbocycles. The molecule has 1 rings (SSSR count). The van der Waals surface area contributed by atoms with Crippen LogP contribution in [0.4, 0.5) is 4.79 Å². The first-order valence-corrected chi connectivity index (χ1v) is 6.13. The van der Waals surface area contributed by atoms with Crippen molar-refractivity contribution < 1.29 is 14.3 Å². The Labute approximate surface area is 103 Å². The summed E-state index contributed by atoms with van der Waals surface area (Å²) < 4.78 is 10.7. The van der Waals surface area contributed by atoms with Gasteiger partial charge in [0.05, 0.1) is 6.10 Å². The number of amides is 1. The summed E-state index contributed by atoms with van der Waals surface area (Å²) in [5.74, 6) is 0.280. The van der Waals surface area contributed by atoms with Gasteiger partial charge in [-0.2, -0.15) is 0 Å². The predicted octanol–water partition coefficient (Wildman–Crippen LogP) is 1.26. The van der Waals surface area contributed by atoms with E-state index in [1.807, 2.05) is 27.7 Å². The van der Waals surface area contributed by atoms with Crippen LogP contribution in [-0.2, 0) is 9.47 Å². The fourth-order valence-electron chi connectivity index (χ4n) is 1.98. The Morgan fingerprint density at radius 1 is 1.59 bits per heavy atom. The molecule has 17 heavy (non-hydrogen) atoms. The molecule has 1 unspecified atom stereocenters. The SMILES string of the molecule is C[C@@H](N)C1OCC[C@H]1CNC(=O)OC(C)(C)C. The lowest BCUT2D eigenvalue weighted by atomic mass is 9.97. The van der Waals surface area contributed by atoms with Crippen molar-refractivity contribution in [3.63, 3.8) is 0 Å². The lowest BCUT2D eigenvalue weighted by Crippen LogP contribution is -2.42. The van der Waals surface area contributed by atoms with Gasteiger partial charge >= 0.3 is 6.09 Å². The first-order valence-electron chi connectivity index (χ1n) is 6.13. The van der Waals surface area contributed by atoms with Gasteiger partial charge < -0.3 is 20.5 Å². The zero-order chi connectivity index (χ0) is 13.1. The van der Waals surface area contributed by atoms with Crippen LogP contribution >= 0.6 is 0 Å². The molecule has 0 bridgehead atoms. The lowest BCUT2D eigenvalue weighted by Gasteiger charge is -2.24. The zero-order valence-electron chi connectivity index (χ0n) is 11.2. The maximum Gasteiger partial charge on any atom is 0.407 e. The summed E-state index contributed by atoms with van der Waals surface area (Å²) in [5, 5.41) is 2.77. The van der Waals surface area contributed by atoms with Gasteiger partial charge in [0.2, 0.25) is 0 Å². The van der Waals surface area contributed by atoms with Gasteiger partial charge in [-0.1, -0.05) is 0 Å². The highest BCUT2D eigenvalue weighted by Crippen LogP contribution is 2.22. The number of rotatable bonds is 3. The first kappa shape index (κ1) is 14.3. The van der Waals surface area contributed by atoms with E-state index < -0.39 is 5.60 Å². The van der Waals surface area contributed by atoms with E-state index in [9.17, 15) is 4.79 Å². The van der Waals surface area contributed by atoms with Gasteiger partial charge in [0.25, 0.3) is 0 Å². The molecule has 1 aliphatic heterocycles. The van der Waals surface area contributed by atoms with E-state index in [1.165, 1.54) is 0 Å². The molecule has 3 atom stereocenters. The Kier molecular flexibility index (Phi) is 4.77. The number of nitrogens with two attached hydrogens (primary N) is 1. The van der Waals surface area contributed by atoms with E-state index in [4.69, 9.17) is 15.2 Å². The summed E-state index contributed by atoms with van der Waals surface area (Å²) >= 11 is 0. The molecule has 100 valence electrons. The third-order valence-corrected chi connectivity index (χ3v) is 2.69. The highest BCUT2D eigenvalue weighted by atomic mass is 16.6. The second-order valence-corrected chi connectivity index (χ2v) is 5.63. The van der Waals surface area contributed by atoms with Crippen LogP contribution in [0.1, 0.15) is 34.1 Å². The van der Waals surface area contributed by atoms with E-state index in [-0.39, 0.29) is 24.2 Å². The third kappa shape index (κ3) is 4.91. The van der Waals surface area contributed by atoms with E-state index >= 15 is 0 Å². The summed E-state index contributed by atoms with van der Waals surface area (Å²) in [6, 6.07) is -0.0112. The highest BCUT2D eigenvalue weighted by Gasteiger charge is 2.31. The minimum absolute atomic E-state index is 0.0112. The zero-order valence-corrected chi connectivity index (χ0v) is 11.2. The second kappa shape index (κ2) is 5.69. The van der Waals surface area contributed by atoms with Crippen LogP contribution in [-0.4, -0.2) is 37.0 Å². The maximum atomic E-state index is 11.5. The summed E-state index contributed by atoms with van der Waals surface area (Å²) in [7, 11) is 0. The molecule has 0 aromatic heterocycles. The van der Waals surface area contributed by atoms with Gasteiger partial charge in [-0.3, -0.25) is 0 Å². The number of carbonyl (C=O) groups is 1. The molecule has 1 aliphatic rings. The van der Waals surface area contributed by atoms with Crippen molar-refractivity contribution >= 4 is 6.09 Å². The van der Waals surface area contributed by atoms with Crippen LogP contribution in [0.3, 0.4) is 0 Å². The molecule has 0 aromatic rings. The Hall–Kier alpha value is -0.810. The minimum Gasteiger partial charge on any atom is -0.444 e. The molecule has 1 saturated heterocycles. The molecule has 0 radical (unpaired) electrons. The molecule has 3 N–H and O–H groups in total. The number of carbonyl (C=O) groups excluding carboxylic acids is 1. The average Bonchev–Trinajstić information content (AvgIpc) is 2.59. The highest BCUT2D eigenvalue weighted by molar-refractivity contribution is 5.67. The third-order valence-electron chi connectivity index (χ3n) is 2.69. The van der Waals surface area contributed by atoms with Gasteiger partial charge in [0.15, 0.2) is 0 Å². The van der Waals surface area contributed by atoms with E-state index in [2.05, 4.69) is 5.32 Å². The minimum atomic E-state index is -0.461. The quantitative estimate of drug-likeness (QED) is 0.784. The van der Waals surface area contributed by atoms with Crippen molar-refractivity contribution in [3.05, 3.63) is 0 Å². The van der Waals surface area contributed by atoms with E-state index in [0.29, 0.717) is 13.2 Å². The molecule has 1 fully saturated rings. The predicted molar refractivity (Wildman–Crippen MR) is 65.7 cm³/mol. The number of hydrogen-bond acceptors (Lipinski definition) is 4. The maximum absolute atomic E-state index is 11.5. The van der Waals surface area contributed by atoms with E-state index in [1.54, 1.807) is 0 Å². The van der Waals surface area contributed by atoms with Crippen molar-refractivity contribution in [2.45, 2.75) is 51.9 Å². The normalized spacial score (nSPS) is 26.6. The molecule has 0 aromatic carbocycles. The van der Waals surface area contributed by atoms with Crippen molar-refractivity contribution in [1.82, 2.24) is 5.32 Å². The molecule has 5 heteroatoms. The number of ether oxygens (including phenoxy) is 2. The van der Waals surface area contributed by atoms with E-state index in [0.717, 1.165) is 6.42 Å². The number of alkyl carbamates (subject to hydrolysis) is 1. The Bertz CT molecular complexity index is 261. The second-order valence-electron chi connectivity index (χ2n) is 5.63. The topological polar surface area (TPSA) is 73.6 Å². The number of nitrogens with one attached hydrogen (secondary N) is 1. The van der Waals surface area contributed by atoms with Crippen molar-refractivity contribution in [2.24, 2.45) is 11.7 Å². The smallest absolute Gasteiger partial charge is 0.407 e. The average molecular weight is 244 g/mol. The number of hydrogen-bond donors (Lipinski definition) is 2. The van der Waals surface area contributed by atoms with Crippen LogP contribution in [0.2, 0.25) is 0 Å². The Morgan fingerprint density at radius 3 is 2.76 bits per heavy atom. The van der Waals surface area contributed by atoms with Crippen LogP contribution < -0.4 is 11.1 Å². The molecular formula is C12H24N2O3. The molecule has 0 saturated carbocycles. The Balaban J connectivity index is 2.33. The molecular weight excluding hydrogens is 220 g/mol. The fraction of sp³-hybridized carbons (Fsp3) is 0.917. The molecule has 1 amide bonds. The van der Waals surface area contributed by atoms with Crippen molar-refractivity contribution in [3.8, 4) is 0 Å². The lowest BCUT2D eigenvalue weighted by molar-refractivity contribution is 0.0481. The summed E-state index contributed by atoms with van der Waals surface area (Å²) in [4.78, 5) is 11.5. The largest absolute Gasteiger partial charge is 0.444 e. The fourth-order valence-corrected chi connectivity index (χ4v) is 1.98. The van der Waals surface area contributed by atoms with Gasteiger partial charge in [-0.15, -0.1) is 0 Å². The Morgan fingerprint density at radius 2 is 2.24 bits per heavy atom. The van der Waals surface area contributed by atoms with Crippen molar-refractivity contribution in [1.29, 1.82) is 0 Å². The van der Waals surface area contributed by atoms with Gasteiger partial charge in [-0.05, 0) is 34.1 Å². The summed E-state index contributed by atoms with van der Waals surface area (Å²) in [5.41, 5.74) is 5.37. The summed E-state index contributed by atoms with van der Waals surface area (Å²) in [6.07, 6.45) is 0.583. The van der Waals surface area contributed by atoms with Crippen LogP contribution in [0.15, 0.2) is 0 Å². The van der Waals surface area contributed by atoms with Gasteiger partial charge in [-0.25, -0.2) is 4.79 Å². The molecule has 5 nitrogen and oxygen atoms in total. The van der Waals surface area contributed by atoms with Crippen LogP contribution in [0.5, 0.6) is 0 Å². The molecule has 1 heterocycles. The van der Waals surface area contributed by atoms with Crippen molar-refractivity contribution in [2.75, 3.05) is 13.2 Å². The standard InChI is InChI=1S/C12H24N2O3/c1-8(13)10-9(5-6-16-10)7-14-11(15)17-12(2,3)4/h8-10H,5-7,13H2,1-4H3,(H,14,15)/t8-,9+,10?/m1/s1. The van der Waals surface area contributed by atoms with Crippen LogP contribution in [0, 0.1) is 5.92 Å². The first-order chi connectivity index (χ1) is 7.79. The summed E-state index contributed by atoms with van der Waals surface area (Å²) in [6.45, 7) is 8.73. The monoisotopic (exact) mass is 244 g/mol. The van der Waals surface area contributed by atoms with Gasteiger partial charge in [0, 0.05) is 25.1 Å².